The summed E-state index contributed by atoms with van der Waals surface area (Å²) in [6.45, 7) is 6.38. The number of rotatable bonds is 2. The van der Waals surface area contributed by atoms with E-state index in [2.05, 4.69) is 19.9 Å². The average Bonchev–Trinajstić information content (AvgIpc) is 2.61. The normalized spacial score (nSPS) is 46.8. The first-order chi connectivity index (χ1) is 9.86. The number of ether oxygens (including phenoxy) is 2. The Morgan fingerprint density at radius 2 is 2.24 bits per heavy atom. The van der Waals surface area contributed by atoms with Crippen LogP contribution in [0.2, 0.25) is 0 Å². The van der Waals surface area contributed by atoms with Gasteiger partial charge in [0.25, 0.3) is 0 Å². The lowest BCUT2D eigenvalue weighted by Crippen LogP contribution is -2.43. The summed E-state index contributed by atoms with van der Waals surface area (Å²) < 4.78 is 11.7. The van der Waals surface area contributed by atoms with Crippen LogP contribution in [0.1, 0.15) is 52.9 Å². The van der Waals surface area contributed by atoms with Gasteiger partial charge in [-0.2, -0.15) is 0 Å². The molecular weight excluding hydrogens is 268 g/mol. The maximum absolute atomic E-state index is 11.4. The molecule has 1 N–H and O–H groups in total. The summed E-state index contributed by atoms with van der Waals surface area (Å²) in [5.41, 5.74) is 0.833. The standard InChI is InChI=1S/C17H26O4/c1-10-4-5-13-11(2)7-12(20-15(13)6-10)8-17(3)9-14(18)16(19)21-17/h6,11-15,18H,4-5,7-9H2,1-3H3/t11-,12-,13+,14+,15-,17-/m0/s1. The van der Waals surface area contributed by atoms with Crippen molar-refractivity contribution in [3.8, 4) is 0 Å². The zero-order valence-corrected chi connectivity index (χ0v) is 13.2. The van der Waals surface area contributed by atoms with Gasteiger partial charge in [-0.05, 0) is 44.9 Å². The second kappa shape index (κ2) is 5.40. The van der Waals surface area contributed by atoms with Crippen molar-refractivity contribution in [2.45, 2.75) is 76.8 Å². The Bertz CT molecular complexity index is 458. The van der Waals surface area contributed by atoms with Gasteiger partial charge in [-0.1, -0.05) is 18.6 Å². The summed E-state index contributed by atoms with van der Waals surface area (Å²) in [5.74, 6) is 0.755. The van der Waals surface area contributed by atoms with E-state index in [-0.39, 0.29) is 12.2 Å². The fourth-order valence-electron chi connectivity index (χ4n) is 4.24. The van der Waals surface area contributed by atoms with E-state index >= 15 is 0 Å². The molecular formula is C17H26O4. The number of carbonyl (C=O) groups is 1. The van der Waals surface area contributed by atoms with Crippen molar-refractivity contribution in [1.29, 1.82) is 0 Å². The Morgan fingerprint density at radius 1 is 1.48 bits per heavy atom. The van der Waals surface area contributed by atoms with Gasteiger partial charge in [0.1, 0.15) is 5.60 Å². The van der Waals surface area contributed by atoms with Crippen LogP contribution in [0.4, 0.5) is 0 Å². The van der Waals surface area contributed by atoms with Crippen molar-refractivity contribution in [3.05, 3.63) is 11.6 Å². The Balaban J connectivity index is 1.67. The lowest BCUT2D eigenvalue weighted by molar-refractivity contribution is -0.157. The van der Waals surface area contributed by atoms with E-state index in [9.17, 15) is 9.90 Å². The SMILES string of the molecule is CC1=C[C@@H]2O[C@H](C[C@@]3(C)C[C@@H](O)C(=O)O3)C[C@H](C)[C@H]2CC1. The van der Waals surface area contributed by atoms with Crippen LogP contribution in [-0.2, 0) is 14.3 Å². The lowest BCUT2D eigenvalue weighted by Gasteiger charge is -2.43. The number of hydrogen-bond donors (Lipinski definition) is 1. The molecule has 6 atom stereocenters. The van der Waals surface area contributed by atoms with Gasteiger partial charge in [0.05, 0.1) is 12.2 Å². The largest absolute Gasteiger partial charge is 0.457 e. The van der Waals surface area contributed by atoms with Crippen LogP contribution < -0.4 is 0 Å². The van der Waals surface area contributed by atoms with Gasteiger partial charge < -0.3 is 14.6 Å². The molecule has 4 heteroatoms. The van der Waals surface area contributed by atoms with Crippen molar-refractivity contribution >= 4 is 5.97 Å². The highest BCUT2D eigenvalue weighted by molar-refractivity contribution is 5.77. The van der Waals surface area contributed by atoms with Gasteiger partial charge in [-0.15, -0.1) is 0 Å². The highest BCUT2D eigenvalue weighted by Crippen LogP contribution is 2.42. The molecule has 0 saturated carbocycles. The first-order valence-electron chi connectivity index (χ1n) is 8.10. The summed E-state index contributed by atoms with van der Waals surface area (Å²) in [6.07, 6.45) is 6.07. The molecule has 118 valence electrons. The fraction of sp³-hybridized carbons (Fsp3) is 0.824. The first-order valence-corrected chi connectivity index (χ1v) is 8.10. The van der Waals surface area contributed by atoms with Gasteiger partial charge in [0, 0.05) is 12.8 Å². The maximum Gasteiger partial charge on any atom is 0.335 e. The van der Waals surface area contributed by atoms with E-state index in [0.717, 1.165) is 6.42 Å². The third-order valence-electron chi connectivity index (χ3n) is 5.36. The molecule has 2 fully saturated rings. The van der Waals surface area contributed by atoms with E-state index < -0.39 is 17.7 Å². The molecule has 3 rings (SSSR count). The van der Waals surface area contributed by atoms with E-state index in [1.54, 1.807) is 0 Å². The van der Waals surface area contributed by atoms with Gasteiger partial charge in [-0.3, -0.25) is 0 Å². The predicted molar refractivity (Wildman–Crippen MR) is 78.7 cm³/mol. The number of cyclic esters (lactones) is 1. The predicted octanol–water partition coefficient (Wildman–Crippen LogP) is 2.59. The summed E-state index contributed by atoms with van der Waals surface area (Å²) in [6, 6.07) is 0. The topological polar surface area (TPSA) is 55.8 Å². The molecule has 0 bridgehead atoms. The second-order valence-corrected chi connectivity index (χ2v) is 7.45. The van der Waals surface area contributed by atoms with E-state index in [1.165, 1.54) is 18.4 Å². The number of allylic oxidation sites excluding steroid dienone is 1. The van der Waals surface area contributed by atoms with E-state index in [1.807, 2.05) is 6.92 Å². The summed E-state index contributed by atoms with van der Waals surface area (Å²) in [5, 5.41) is 9.61. The molecule has 0 amide bonds. The number of fused-ring (bicyclic) bond motifs is 1. The summed E-state index contributed by atoms with van der Waals surface area (Å²) >= 11 is 0. The highest BCUT2D eigenvalue weighted by atomic mass is 16.6. The van der Waals surface area contributed by atoms with E-state index in [0.29, 0.717) is 24.7 Å². The Morgan fingerprint density at radius 3 is 2.90 bits per heavy atom. The molecule has 0 aromatic rings. The number of aliphatic hydroxyl groups is 1. The zero-order chi connectivity index (χ0) is 15.2. The fourth-order valence-corrected chi connectivity index (χ4v) is 4.24. The Hall–Kier alpha value is -0.870. The average molecular weight is 294 g/mol. The third-order valence-corrected chi connectivity index (χ3v) is 5.36. The first kappa shape index (κ1) is 15.0. The van der Waals surface area contributed by atoms with Crippen molar-refractivity contribution < 1.29 is 19.4 Å². The zero-order valence-electron chi connectivity index (χ0n) is 13.2. The van der Waals surface area contributed by atoms with Crippen LogP contribution in [0.5, 0.6) is 0 Å². The van der Waals surface area contributed by atoms with Crippen molar-refractivity contribution in [3.63, 3.8) is 0 Å². The van der Waals surface area contributed by atoms with Gasteiger partial charge >= 0.3 is 5.97 Å². The van der Waals surface area contributed by atoms with Gasteiger partial charge in [0.2, 0.25) is 0 Å². The molecule has 4 nitrogen and oxygen atoms in total. The Labute approximate surface area is 126 Å². The maximum atomic E-state index is 11.4. The smallest absolute Gasteiger partial charge is 0.335 e. The van der Waals surface area contributed by atoms with Crippen LogP contribution in [-0.4, -0.2) is 35.0 Å². The van der Waals surface area contributed by atoms with Gasteiger partial charge in [0.15, 0.2) is 6.10 Å². The number of esters is 1. The Kier molecular flexibility index (Phi) is 3.87. The second-order valence-electron chi connectivity index (χ2n) is 7.45. The van der Waals surface area contributed by atoms with Crippen molar-refractivity contribution in [2.24, 2.45) is 11.8 Å². The molecule has 0 unspecified atom stereocenters. The molecule has 0 aromatic heterocycles. The minimum absolute atomic E-state index is 0.103. The van der Waals surface area contributed by atoms with Crippen LogP contribution in [0.3, 0.4) is 0 Å². The minimum atomic E-state index is -0.972. The molecule has 3 aliphatic rings. The molecule has 0 spiro atoms. The molecule has 21 heavy (non-hydrogen) atoms. The van der Waals surface area contributed by atoms with Crippen LogP contribution in [0, 0.1) is 11.8 Å². The summed E-state index contributed by atoms with van der Waals surface area (Å²) in [4.78, 5) is 11.4. The number of hydrogen-bond acceptors (Lipinski definition) is 4. The highest BCUT2D eigenvalue weighted by Gasteiger charge is 2.46. The number of aliphatic hydroxyl groups excluding tert-OH is 1. The monoisotopic (exact) mass is 294 g/mol. The molecule has 0 radical (unpaired) electrons. The quantitative estimate of drug-likeness (QED) is 0.628. The van der Waals surface area contributed by atoms with Crippen LogP contribution in [0.15, 0.2) is 11.6 Å². The molecule has 2 heterocycles. The third kappa shape index (κ3) is 3.02. The molecule has 1 aliphatic carbocycles. The van der Waals surface area contributed by atoms with Crippen molar-refractivity contribution in [2.75, 3.05) is 0 Å². The van der Waals surface area contributed by atoms with Crippen LogP contribution >= 0.6 is 0 Å². The van der Waals surface area contributed by atoms with E-state index in [4.69, 9.17) is 9.47 Å². The summed E-state index contributed by atoms with van der Waals surface area (Å²) in [7, 11) is 0. The molecule has 2 aliphatic heterocycles. The van der Waals surface area contributed by atoms with Crippen LogP contribution in [0.25, 0.3) is 0 Å². The van der Waals surface area contributed by atoms with Gasteiger partial charge in [-0.25, -0.2) is 4.79 Å². The lowest BCUT2D eigenvalue weighted by atomic mass is 9.74. The molecule has 0 aromatic carbocycles. The minimum Gasteiger partial charge on any atom is -0.457 e. The number of carbonyl (C=O) groups excluding carboxylic acids is 1. The molecule has 2 saturated heterocycles. The van der Waals surface area contributed by atoms with Crippen molar-refractivity contribution in [1.82, 2.24) is 0 Å².